The molecule has 1 heterocycles. The summed E-state index contributed by atoms with van der Waals surface area (Å²) in [6.45, 7) is 5.26. The fourth-order valence-corrected chi connectivity index (χ4v) is 3.54. The van der Waals surface area contributed by atoms with E-state index in [-0.39, 0.29) is 0 Å². The molecular weight excluding hydrogens is 210 g/mol. The minimum atomic E-state index is 0.720. The summed E-state index contributed by atoms with van der Waals surface area (Å²) in [5.41, 5.74) is 0. The van der Waals surface area contributed by atoms with Gasteiger partial charge in [0, 0.05) is 12.6 Å². The van der Waals surface area contributed by atoms with Crippen molar-refractivity contribution in [2.75, 3.05) is 19.8 Å². The van der Waals surface area contributed by atoms with Gasteiger partial charge in [0.1, 0.15) is 0 Å². The average Bonchev–Trinajstić information content (AvgIpc) is 2.39. The molecule has 0 radical (unpaired) electrons. The molecule has 2 unspecified atom stereocenters. The highest BCUT2D eigenvalue weighted by molar-refractivity contribution is 4.80. The van der Waals surface area contributed by atoms with Crippen molar-refractivity contribution in [3.63, 3.8) is 0 Å². The van der Waals surface area contributed by atoms with Crippen LogP contribution in [0.3, 0.4) is 0 Å². The van der Waals surface area contributed by atoms with Gasteiger partial charge in [-0.05, 0) is 31.2 Å². The van der Waals surface area contributed by atoms with Crippen LogP contribution >= 0.6 is 0 Å². The summed E-state index contributed by atoms with van der Waals surface area (Å²) in [5.74, 6) is 1.79. The second kappa shape index (κ2) is 7.38. The number of ether oxygens (including phenoxy) is 1. The molecular formula is C15H29NO. The van der Waals surface area contributed by atoms with Crippen molar-refractivity contribution < 1.29 is 4.74 Å². The van der Waals surface area contributed by atoms with Crippen molar-refractivity contribution in [2.45, 2.75) is 64.3 Å². The molecule has 17 heavy (non-hydrogen) atoms. The van der Waals surface area contributed by atoms with E-state index in [9.17, 15) is 0 Å². The molecule has 1 saturated carbocycles. The first-order valence-electron chi connectivity index (χ1n) is 7.71. The van der Waals surface area contributed by atoms with Crippen molar-refractivity contribution in [2.24, 2.45) is 11.8 Å². The smallest absolute Gasteiger partial charge is 0.0509 e. The molecule has 1 N–H and O–H groups in total. The third kappa shape index (κ3) is 4.26. The van der Waals surface area contributed by atoms with Gasteiger partial charge >= 0.3 is 0 Å². The molecule has 0 spiro atoms. The lowest BCUT2D eigenvalue weighted by Crippen LogP contribution is -2.42. The molecule has 1 aliphatic carbocycles. The minimum absolute atomic E-state index is 0.720. The summed E-state index contributed by atoms with van der Waals surface area (Å²) in [7, 11) is 0. The summed E-state index contributed by atoms with van der Waals surface area (Å²) >= 11 is 0. The SMILES string of the molecule is CCNC1CCOCC1CCC1CCCCC1. The van der Waals surface area contributed by atoms with Crippen LogP contribution in [0.4, 0.5) is 0 Å². The van der Waals surface area contributed by atoms with Crippen LogP contribution < -0.4 is 5.32 Å². The second-order valence-corrected chi connectivity index (χ2v) is 5.87. The van der Waals surface area contributed by atoms with Crippen LogP contribution in [0.25, 0.3) is 0 Å². The average molecular weight is 239 g/mol. The topological polar surface area (TPSA) is 21.3 Å². The maximum atomic E-state index is 5.66. The normalized spacial score (nSPS) is 31.6. The Morgan fingerprint density at radius 3 is 2.65 bits per heavy atom. The van der Waals surface area contributed by atoms with Gasteiger partial charge in [-0.15, -0.1) is 0 Å². The van der Waals surface area contributed by atoms with Gasteiger partial charge in [-0.25, -0.2) is 0 Å². The van der Waals surface area contributed by atoms with E-state index in [0.29, 0.717) is 0 Å². The molecule has 0 aromatic carbocycles. The van der Waals surface area contributed by atoms with Crippen LogP contribution in [0.2, 0.25) is 0 Å². The van der Waals surface area contributed by atoms with Crippen molar-refractivity contribution >= 4 is 0 Å². The highest BCUT2D eigenvalue weighted by Gasteiger charge is 2.25. The van der Waals surface area contributed by atoms with Crippen LogP contribution in [0, 0.1) is 11.8 Å². The van der Waals surface area contributed by atoms with Gasteiger partial charge in [0.05, 0.1) is 6.61 Å². The Kier molecular flexibility index (Phi) is 5.79. The molecule has 1 aliphatic heterocycles. The standard InChI is InChI=1S/C15H29NO/c1-2-16-15-10-11-17-12-14(15)9-8-13-6-4-3-5-7-13/h13-16H,2-12H2,1H3. The van der Waals surface area contributed by atoms with E-state index >= 15 is 0 Å². The third-order valence-electron chi connectivity index (χ3n) is 4.61. The predicted molar refractivity (Wildman–Crippen MR) is 72.2 cm³/mol. The Morgan fingerprint density at radius 1 is 1.06 bits per heavy atom. The molecule has 2 atom stereocenters. The molecule has 0 bridgehead atoms. The predicted octanol–water partition coefficient (Wildman–Crippen LogP) is 3.36. The maximum absolute atomic E-state index is 5.66. The van der Waals surface area contributed by atoms with Gasteiger partial charge in [-0.2, -0.15) is 0 Å². The Labute approximate surface area is 107 Å². The molecule has 0 amide bonds. The van der Waals surface area contributed by atoms with Crippen molar-refractivity contribution in [3.05, 3.63) is 0 Å². The molecule has 2 rings (SSSR count). The van der Waals surface area contributed by atoms with Crippen molar-refractivity contribution in [1.82, 2.24) is 5.32 Å². The van der Waals surface area contributed by atoms with E-state index < -0.39 is 0 Å². The summed E-state index contributed by atoms with van der Waals surface area (Å²) < 4.78 is 5.66. The molecule has 2 heteroatoms. The lowest BCUT2D eigenvalue weighted by atomic mass is 9.82. The Morgan fingerprint density at radius 2 is 1.88 bits per heavy atom. The van der Waals surface area contributed by atoms with E-state index in [1.807, 2.05) is 0 Å². The number of hydrogen-bond donors (Lipinski definition) is 1. The van der Waals surface area contributed by atoms with Gasteiger partial charge in [-0.1, -0.05) is 45.4 Å². The van der Waals surface area contributed by atoms with Gasteiger partial charge in [0.2, 0.25) is 0 Å². The molecule has 2 fully saturated rings. The zero-order valence-corrected chi connectivity index (χ0v) is 11.4. The zero-order chi connectivity index (χ0) is 11.9. The fraction of sp³-hybridized carbons (Fsp3) is 1.00. The third-order valence-corrected chi connectivity index (χ3v) is 4.61. The Hall–Kier alpha value is -0.0800. The first-order valence-corrected chi connectivity index (χ1v) is 7.71. The zero-order valence-electron chi connectivity index (χ0n) is 11.4. The molecule has 100 valence electrons. The van der Waals surface area contributed by atoms with Crippen LogP contribution in [0.5, 0.6) is 0 Å². The monoisotopic (exact) mass is 239 g/mol. The second-order valence-electron chi connectivity index (χ2n) is 5.87. The minimum Gasteiger partial charge on any atom is -0.381 e. The molecule has 2 aliphatic rings. The van der Waals surface area contributed by atoms with E-state index in [0.717, 1.165) is 37.6 Å². The van der Waals surface area contributed by atoms with Crippen molar-refractivity contribution in [3.8, 4) is 0 Å². The van der Waals surface area contributed by atoms with Crippen LogP contribution in [-0.2, 0) is 4.74 Å². The van der Waals surface area contributed by atoms with E-state index in [1.165, 1.54) is 51.4 Å². The van der Waals surface area contributed by atoms with E-state index in [2.05, 4.69) is 12.2 Å². The lowest BCUT2D eigenvalue weighted by Gasteiger charge is -2.33. The first-order chi connectivity index (χ1) is 8.40. The number of nitrogens with one attached hydrogen (secondary N) is 1. The van der Waals surface area contributed by atoms with Gasteiger partial charge in [0.15, 0.2) is 0 Å². The van der Waals surface area contributed by atoms with Crippen LogP contribution in [0.15, 0.2) is 0 Å². The molecule has 2 nitrogen and oxygen atoms in total. The highest BCUT2D eigenvalue weighted by atomic mass is 16.5. The summed E-state index contributed by atoms with van der Waals surface area (Å²) in [5, 5.41) is 3.64. The van der Waals surface area contributed by atoms with Gasteiger partial charge < -0.3 is 10.1 Å². The first kappa shape index (κ1) is 13.4. The van der Waals surface area contributed by atoms with E-state index in [1.54, 1.807) is 0 Å². The largest absolute Gasteiger partial charge is 0.381 e. The fourth-order valence-electron chi connectivity index (χ4n) is 3.54. The molecule has 0 aromatic rings. The van der Waals surface area contributed by atoms with E-state index in [4.69, 9.17) is 4.74 Å². The Balaban J connectivity index is 1.71. The highest BCUT2D eigenvalue weighted by Crippen LogP contribution is 2.30. The van der Waals surface area contributed by atoms with Crippen molar-refractivity contribution in [1.29, 1.82) is 0 Å². The molecule has 0 aromatic heterocycles. The number of hydrogen-bond acceptors (Lipinski definition) is 2. The van der Waals surface area contributed by atoms with Gasteiger partial charge in [0.25, 0.3) is 0 Å². The quantitative estimate of drug-likeness (QED) is 0.794. The van der Waals surface area contributed by atoms with Crippen LogP contribution in [-0.4, -0.2) is 25.8 Å². The maximum Gasteiger partial charge on any atom is 0.0509 e. The summed E-state index contributed by atoms with van der Waals surface area (Å²) in [6, 6.07) is 0.720. The number of rotatable bonds is 5. The Bertz CT molecular complexity index is 199. The summed E-state index contributed by atoms with van der Waals surface area (Å²) in [6.07, 6.45) is 11.4. The van der Waals surface area contributed by atoms with Gasteiger partial charge in [-0.3, -0.25) is 0 Å². The van der Waals surface area contributed by atoms with Crippen LogP contribution in [0.1, 0.15) is 58.3 Å². The summed E-state index contributed by atoms with van der Waals surface area (Å²) in [4.78, 5) is 0. The molecule has 1 saturated heterocycles. The lowest BCUT2D eigenvalue weighted by molar-refractivity contribution is 0.0261.